The summed E-state index contributed by atoms with van der Waals surface area (Å²) in [5, 5.41) is 0. The first-order valence-electron chi connectivity index (χ1n) is 7.28. The standard InChI is InChI=1S/C17H17N3O2/c1-11-4-6-13(7-5-11)10-14-12(2)15(21)20(16(14)22)17-18-8-3-9-19-17/h3-9,12,14H,10H2,1-2H3/t12-,14-/m1/s1. The van der Waals surface area contributed by atoms with E-state index in [9.17, 15) is 9.59 Å². The maximum absolute atomic E-state index is 12.6. The van der Waals surface area contributed by atoms with Crippen LogP contribution < -0.4 is 4.90 Å². The predicted molar refractivity (Wildman–Crippen MR) is 82.1 cm³/mol. The van der Waals surface area contributed by atoms with Gasteiger partial charge in [0.15, 0.2) is 0 Å². The van der Waals surface area contributed by atoms with Gasteiger partial charge in [-0.1, -0.05) is 36.8 Å². The third-order valence-corrected chi connectivity index (χ3v) is 4.08. The average molecular weight is 295 g/mol. The lowest BCUT2D eigenvalue weighted by atomic mass is 9.90. The molecule has 1 aliphatic heterocycles. The van der Waals surface area contributed by atoms with E-state index in [1.165, 1.54) is 18.0 Å². The Bertz CT molecular complexity index is 698. The zero-order valence-electron chi connectivity index (χ0n) is 12.6. The van der Waals surface area contributed by atoms with Crippen LogP contribution in [0.25, 0.3) is 0 Å². The molecule has 1 aliphatic rings. The Morgan fingerprint density at radius 2 is 1.68 bits per heavy atom. The molecule has 0 N–H and O–H groups in total. The number of benzene rings is 1. The van der Waals surface area contributed by atoms with E-state index in [-0.39, 0.29) is 29.6 Å². The van der Waals surface area contributed by atoms with Crippen LogP contribution in [0.2, 0.25) is 0 Å². The summed E-state index contributed by atoms with van der Waals surface area (Å²) >= 11 is 0. The molecule has 2 aromatic rings. The summed E-state index contributed by atoms with van der Waals surface area (Å²) in [7, 11) is 0. The molecule has 5 nitrogen and oxygen atoms in total. The molecule has 2 atom stereocenters. The molecule has 1 aromatic heterocycles. The van der Waals surface area contributed by atoms with Gasteiger partial charge >= 0.3 is 0 Å². The fraction of sp³-hybridized carbons (Fsp3) is 0.294. The van der Waals surface area contributed by atoms with E-state index in [2.05, 4.69) is 9.97 Å². The number of hydrogen-bond donors (Lipinski definition) is 0. The second kappa shape index (κ2) is 5.67. The van der Waals surface area contributed by atoms with Gasteiger partial charge in [0.2, 0.25) is 17.8 Å². The van der Waals surface area contributed by atoms with E-state index in [1.54, 1.807) is 13.0 Å². The molecule has 2 amide bonds. The third-order valence-electron chi connectivity index (χ3n) is 4.08. The monoisotopic (exact) mass is 295 g/mol. The molecule has 0 unspecified atom stereocenters. The van der Waals surface area contributed by atoms with Gasteiger partial charge in [-0.15, -0.1) is 0 Å². The Balaban J connectivity index is 1.86. The Hall–Kier alpha value is -2.56. The summed E-state index contributed by atoms with van der Waals surface area (Å²) in [6.07, 6.45) is 3.61. The molecule has 0 radical (unpaired) electrons. The molecule has 1 fully saturated rings. The Morgan fingerprint density at radius 1 is 1.05 bits per heavy atom. The van der Waals surface area contributed by atoms with Gasteiger partial charge in [-0.05, 0) is 25.0 Å². The number of hydrogen-bond acceptors (Lipinski definition) is 4. The predicted octanol–water partition coefficient (Wildman–Crippen LogP) is 2.15. The number of rotatable bonds is 3. The number of carbonyl (C=O) groups excluding carboxylic acids is 2. The highest BCUT2D eigenvalue weighted by Crippen LogP contribution is 2.31. The molecular weight excluding hydrogens is 278 g/mol. The van der Waals surface area contributed by atoms with Gasteiger partial charge in [-0.3, -0.25) is 9.59 Å². The summed E-state index contributed by atoms with van der Waals surface area (Å²) in [5.74, 6) is -1.01. The molecule has 0 aliphatic carbocycles. The fourth-order valence-electron chi connectivity index (χ4n) is 2.71. The van der Waals surface area contributed by atoms with Crippen LogP contribution >= 0.6 is 0 Å². The van der Waals surface area contributed by atoms with E-state index >= 15 is 0 Å². The SMILES string of the molecule is Cc1ccc(C[C@H]2C(=O)N(c3ncccn3)C(=O)[C@@H]2C)cc1. The second-order valence-electron chi connectivity index (χ2n) is 5.65. The smallest absolute Gasteiger partial charge is 0.240 e. The lowest BCUT2D eigenvalue weighted by molar-refractivity contribution is -0.122. The molecule has 22 heavy (non-hydrogen) atoms. The van der Waals surface area contributed by atoms with E-state index in [1.807, 2.05) is 31.2 Å². The average Bonchev–Trinajstić information content (AvgIpc) is 2.74. The number of nitrogens with zero attached hydrogens (tertiary/aromatic N) is 3. The maximum atomic E-state index is 12.6. The molecule has 5 heteroatoms. The Morgan fingerprint density at radius 3 is 2.32 bits per heavy atom. The number of imide groups is 1. The number of aromatic nitrogens is 2. The lowest BCUT2D eigenvalue weighted by Gasteiger charge is -2.12. The van der Waals surface area contributed by atoms with Crippen LogP contribution in [0.4, 0.5) is 5.95 Å². The highest BCUT2D eigenvalue weighted by atomic mass is 16.2. The molecule has 2 heterocycles. The first-order chi connectivity index (χ1) is 10.6. The second-order valence-corrected chi connectivity index (χ2v) is 5.65. The van der Waals surface area contributed by atoms with Crippen molar-refractivity contribution in [1.82, 2.24) is 9.97 Å². The molecule has 0 spiro atoms. The van der Waals surface area contributed by atoms with Gasteiger partial charge in [-0.2, -0.15) is 0 Å². The van der Waals surface area contributed by atoms with E-state index in [4.69, 9.17) is 0 Å². The Kier molecular flexibility index (Phi) is 3.71. The maximum Gasteiger partial charge on any atom is 0.240 e. The van der Waals surface area contributed by atoms with Crippen LogP contribution in [-0.2, 0) is 16.0 Å². The van der Waals surface area contributed by atoms with Crippen molar-refractivity contribution in [1.29, 1.82) is 0 Å². The highest BCUT2D eigenvalue weighted by molar-refractivity contribution is 6.21. The minimum atomic E-state index is -0.363. The van der Waals surface area contributed by atoms with Gasteiger partial charge in [0.05, 0.1) is 5.92 Å². The van der Waals surface area contributed by atoms with Crippen LogP contribution in [0, 0.1) is 18.8 Å². The van der Waals surface area contributed by atoms with E-state index in [0.717, 1.165) is 10.5 Å². The van der Waals surface area contributed by atoms with Crippen molar-refractivity contribution in [3.05, 3.63) is 53.9 Å². The lowest BCUT2D eigenvalue weighted by Crippen LogP contribution is -2.32. The van der Waals surface area contributed by atoms with Gasteiger partial charge in [0.1, 0.15) is 0 Å². The first-order valence-corrected chi connectivity index (χ1v) is 7.28. The van der Waals surface area contributed by atoms with Crippen molar-refractivity contribution in [2.45, 2.75) is 20.3 Å². The zero-order valence-corrected chi connectivity index (χ0v) is 12.6. The van der Waals surface area contributed by atoms with Crippen molar-refractivity contribution >= 4 is 17.8 Å². The van der Waals surface area contributed by atoms with Crippen LogP contribution in [0.15, 0.2) is 42.7 Å². The van der Waals surface area contributed by atoms with E-state index in [0.29, 0.717) is 6.42 Å². The van der Waals surface area contributed by atoms with Crippen LogP contribution in [-0.4, -0.2) is 21.8 Å². The topological polar surface area (TPSA) is 63.2 Å². The van der Waals surface area contributed by atoms with Crippen LogP contribution in [0.3, 0.4) is 0 Å². The summed E-state index contributed by atoms with van der Waals surface area (Å²) in [6.45, 7) is 3.81. The number of aryl methyl sites for hydroxylation is 1. The normalized spacial score (nSPS) is 21.5. The number of amides is 2. The molecule has 3 rings (SSSR count). The molecular formula is C17H17N3O2. The van der Waals surface area contributed by atoms with Crippen molar-refractivity contribution in [3.8, 4) is 0 Å². The molecule has 1 saturated heterocycles. The summed E-state index contributed by atoms with van der Waals surface area (Å²) < 4.78 is 0. The highest BCUT2D eigenvalue weighted by Gasteiger charge is 2.46. The summed E-state index contributed by atoms with van der Waals surface area (Å²) in [4.78, 5) is 34.2. The van der Waals surface area contributed by atoms with Gasteiger partial charge < -0.3 is 0 Å². The van der Waals surface area contributed by atoms with Gasteiger partial charge in [-0.25, -0.2) is 14.9 Å². The largest absolute Gasteiger partial charge is 0.274 e. The third kappa shape index (κ3) is 2.50. The molecule has 1 aromatic carbocycles. The minimum Gasteiger partial charge on any atom is -0.274 e. The number of anilines is 1. The minimum absolute atomic E-state index is 0.163. The fourth-order valence-corrected chi connectivity index (χ4v) is 2.71. The summed E-state index contributed by atoms with van der Waals surface area (Å²) in [6, 6.07) is 9.68. The molecule has 0 bridgehead atoms. The van der Waals surface area contributed by atoms with Crippen LogP contribution in [0.1, 0.15) is 18.1 Å². The Labute approximate surface area is 129 Å². The van der Waals surface area contributed by atoms with Crippen molar-refractivity contribution in [2.75, 3.05) is 4.90 Å². The van der Waals surface area contributed by atoms with Gasteiger partial charge in [0, 0.05) is 18.3 Å². The van der Waals surface area contributed by atoms with Crippen molar-refractivity contribution in [2.24, 2.45) is 11.8 Å². The van der Waals surface area contributed by atoms with Crippen molar-refractivity contribution < 1.29 is 9.59 Å². The quantitative estimate of drug-likeness (QED) is 0.814. The first kappa shape index (κ1) is 14.4. The molecule has 112 valence electrons. The van der Waals surface area contributed by atoms with E-state index < -0.39 is 0 Å². The van der Waals surface area contributed by atoms with Gasteiger partial charge in [0.25, 0.3) is 0 Å². The molecule has 0 saturated carbocycles. The number of carbonyl (C=O) groups is 2. The summed E-state index contributed by atoms with van der Waals surface area (Å²) in [5.41, 5.74) is 2.23. The van der Waals surface area contributed by atoms with Crippen molar-refractivity contribution in [3.63, 3.8) is 0 Å². The van der Waals surface area contributed by atoms with Crippen LogP contribution in [0.5, 0.6) is 0 Å². The zero-order chi connectivity index (χ0) is 15.7.